The summed E-state index contributed by atoms with van der Waals surface area (Å²) in [6, 6.07) is 6.91. The fourth-order valence-corrected chi connectivity index (χ4v) is 2.89. The highest BCUT2D eigenvalue weighted by Gasteiger charge is 2.28. The smallest absolute Gasteiger partial charge is 0.412 e. The van der Waals surface area contributed by atoms with Crippen molar-refractivity contribution in [3.05, 3.63) is 29.8 Å². The number of aliphatic hydroxyl groups is 1. The van der Waals surface area contributed by atoms with Crippen LogP contribution in [0.25, 0.3) is 0 Å². The van der Waals surface area contributed by atoms with Crippen molar-refractivity contribution in [2.45, 2.75) is 32.2 Å². The molecule has 1 aliphatic heterocycles. The van der Waals surface area contributed by atoms with Crippen LogP contribution in [0.1, 0.15) is 24.8 Å². The standard InChI is InChI=1S/C16H23NO4/c1-12-4-2-6-14(8-12)17(16(19)20)15(10-18)9-13-5-3-7-21-11-13/h2,4,6,8,13,15,18H,3,5,7,9-11H2,1H3,(H,19,20)/t13-,15?/m1/s1. The molecule has 1 amide bonds. The van der Waals surface area contributed by atoms with Gasteiger partial charge in [-0.1, -0.05) is 12.1 Å². The van der Waals surface area contributed by atoms with Gasteiger partial charge in [0, 0.05) is 18.9 Å². The SMILES string of the molecule is Cc1cccc(N(C(=O)O)C(CO)C[C@H]2CCCOC2)c1. The van der Waals surface area contributed by atoms with Crippen LogP contribution < -0.4 is 4.90 Å². The fraction of sp³-hybridized carbons (Fsp3) is 0.562. The number of carbonyl (C=O) groups is 1. The second kappa shape index (κ2) is 7.43. The Morgan fingerprint density at radius 2 is 2.33 bits per heavy atom. The second-order valence-electron chi connectivity index (χ2n) is 5.65. The minimum absolute atomic E-state index is 0.184. The number of aryl methyl sites for hydroxylation is 1. The zero-order chi connectivity index (χ0) is 15.2. The van der Waals surface area contributed by atoms with E-state index >= 15 is 0 Å². The molecule has 2 N–H and O–H groups in total. The van der Waals surface area contributed by atoms with Crippen LogP contribution in [0, 0.1) is 12.8 Å². The van der Waals surface area contributed by atoms with Crippen LogP contribution in [-0.4, -0.2) is 42.2 Å². The largest absolute Gasteiger partial charge is 0.465 e. The summed E-state index contributed by atoms with van der Waals surface area (Å²) in [4.78, 5) is 12.9. The lowest BCUT2D eigenvalue weighted by molar-refractivity contribution is 0.0459. The molecular weight excluding hydrogens is 270 g/mol. The fourth-order valence-electron chi connectivity index (χ4n) is 2.89. The highest BCUT2D eigenvalue weighted by molar-refractivity contribution is 5.86. The van der Waals surface area contributed by atoms with Gasteiger partial charge in [-0.05, 0) is 49.8 Å². The summed E-state index contributed by atoms with van der Waals surface area (Å²) in [6.45, 7) is 3.17. The van der Waals surface area contributed by atoms with E-state index in [-0.39, 0.29) is 6.61 Å². The van der Waals surface area contributed by atoms with Crippen LogP contribution in [0.5, 0.6) is 0 Å². The molecule has 5 nitrogen and oxygen atoms in total. The topological polar surface area (TPSA) is 70.0 Å². The van der Waals surface area contributed by atoms with Crippen molar-refractivity contribution in [1.29, 1.82) is 0 Å². The molecule has 0 aromatic heterocycles. The summed E-state index contributed by atoms with van der Waals surface area (Å²) in [6.07, 6.45) is 1.62. The first-order valence-corrected chi connectivity index (χ1v) is 7.39. The Hall–Kier alpha value is -1.59. The molecule has 0 saturated carbocycles. The van der Waals surface area contributed by atoms with Gasteiger partial charge in [0.2, 0.25) is 0 Å². The van der Waals surface area contributed by atoms with Crippen LogP contribution in [-0.2, 0) is 4.74 Å². The molecule has 0 bridgehead atoms. The number of carboxylic acid groups (broad SMARTS) is 1. The van der Waals surface area contributed by atoms with E-state index in [2.05, 4.69) is 0 Å². The van der Waals surface area contributed by atoms with Crippen molar-refractivity contribution in [3.8, 4) is 0 Å². The van der Waals surface area contributed by atoms with Crippen LogP contribution in [0.15, 0.2) is 24.3 Å². The molecule has 0 aliphatic carbocycles. The van der Waals surface area contributed by atoms with E-state index in [1.165, 1.54) is 4.90 Å². The maximum absolute atomic E-state index is 11.6. The van der Waals surface area contributed by atoms with Crippen molar-refractivity contribution in [2.24, 2.45) is 5.92 Å². The summed E-state index contributed by atoms with van der Waals surface area (Å²) in [5.41, 5.74) is 1.61. The van der Waals surface area contributed by atoms with Gasteiger partial charge < -0.3 is 14.9 Å². The first-order chi connectivity index (χ1) is 10.1. The minimum Gasteiger partial charge on any atom is -0.465 e. The average molecular weight is 293 g/mol. The number of benzene rings is 1. The second-order valence-corrected chi connectivity index (χ2v) is 5.65. The van der Waals surface area contributed by atoms with Gasteiger partial charge in [0.05, 0.1) is 12.6 Å². The molecule has 0 radical (unpaired) electrons. The predicted molar refractivity (Wildman–Crippen MR) is 80.7 cm³/mol. The van der Waals surface area contributed by atoms with Crippen LogP contribution in [0.2, 0.25) is 0 Å². The molecule has 0 spiro atoms. The van der Waals surface area contributed by atoms with Crippen molar-refractivity contribution in [2.75, 3.05) is 24.7 Å². The molecule has 1 unspecified atom stereocenters. The molecule has 1 aromatic rings. The molecule has 1 aromatic carbocycles. The van der Waals surface area contributed by atoms with Gasteiger partial charge in [-0.25, -0.2) is 4.79 Å². The first kappa shape index (κ1) is 15.8. The summed E-state index contributed by atoms with van der Waals surface area (Å²) < 4.78 is 5.44. The van der Waals surface area contributed by atoms with E-state index in [4.69, 9.17) is 4.74 Å². The van der Waals surface area contributed by atoms with E-state index in [0.717, 1.165) is 25.0 Å². The van der Waals surface area contributed by atoms with E-state index in [1.807, 2.05) is 25.1 Å². The monoisotopic (exact) mass is 293 g/mol. The Labute approximate surface area is 125 Å². The Bertz CT molecular complexity index is 471. The molecule has 1 aliphatic rings. The third-order valence-corrected chi connectivity index (χ3v) is 3.92. The number of ether oxygens (including phenoxy) is 1. The molecule has 1 saturated heterocycles. The Morgan fingerprint density at radius 1 is 1.52 bits per heavy atom. The Morgan fingerprint density at radius 3 is 2.90 bits per heavy atom. The molecule has 5 heteroatoms. The van der Waals surface area contributed by atoms with Crippen LogP contribution in [0.3, 0.4) is 0 Å². The van der Waals surface area contributed by atoms with Gasteiger partial charge in [0.25, 0.3) is 0 Å². The lowest BCUT2D eigenvalue weighted by Gasteiger charge is -2.32. The zero-order valence-electron chi connectivity index (χ0n) is 12.4. The summed E-state index contributed by atoms with van der Waals surface area (Å²) in [5, 5.41) is 19.2. The van der Waals surface area contributed by atoms with Gasteiger partial charge in [-0.2, -0.15) is 0 Å². The molecule has 21 heavy (non-hydrogen) atoms. The molecule has 116 valence electrons. The van der Waals surface area contributed by atoms with Crippen molar-refractivity contribution in [3.63, 3.8) is 0 Å². The maximum Gasteiger partial charge on any atom is 0.412 e. The number of rotatable bonds is 5. The van der Waals surface area contributed by atoms with Crippen LogP contribution in [0.4, 0.5) is 10.5 Å². The summed E-state index contributed by atoms with van der Waals surface area (Å²) in [7, 11) is 0. The van der Waals surface area contributed by atoms with Crippen molar-refractivity contribution >= 4 is 11.8 Å². The third kappa shape index (κ3) is 4.19. The zero-order valence-corrected chi connectivity index (χ0v) is 12.4. The highest BCUT2D eigenvalue weighted by atomic mass is 16.5. The van der Waals surface area contributed by atoms with E-state index in [1.54, 1.807) is 6.07 Å². The quantitative estimate of drug-likeness (QED) is 0.875. The first-order valence-electron chi connectivity index (χ1n) is 7.39. The van der Waals surface area contributed by atoms with Crippen molar-refractivity contribution < 1.29 is 19.7 Å². The number of nitrogens with zero attached hydrogens (tertiary/aromatic N) is 1. The number of hydrogen-bond acceptors (Lipinski definition) is 3. The van der Waals surface area contributed by atoms with Crippen molar-refractivity contribution in [1.82, 2.24) is 0 Å². The Kier molecular flexibility index (Phi) is 5.59. The average Bonchev–Trinajstić information content (AvgIpc) is 2.47. The number of amides is 1. The lowest BCUT2D eigenvalue weighted by Crippen LogP contribution is -2.44. The van der Waals surface area contributed by atoms with E-state index < -0.39 is 12.1 Å². The summed E-state index contributed by atoms with van der Waals surface area (Å²) >= 11 is 0. The molecule has 1 heterocycles. The minimum atomic E-state index is -1.03. The maximum atomic E-state index is 11.6. The van der Waals surface area contributed by atoms with Gasteiger partial charge in [-0.3, -0.25) is 4.90 Å². The third-order valence-electron chi connectivity index (χ3n) is 3.92. The van der Waals surface area contributed by atoms with Gasteiger partial charge in [0.15, 0.2) is 0 Å². The predicted octanol–water partition coefficient (Wildman–Crippen LogP) is 2.66. The number of anilines is 1. The number of aliphatic hydroxyl groups excluding tert-OH is 1. The Balaban J connectivity index is 2.16. The van der Waals surface area contributed by atoms with Gasteiger partial charge >= 0.3 is 6.09 Å². The van der Waals surface area contributed by atoms with E-state index in [9.17, 15) is 15.0 Å². The molecule has 2 rings (SSSR count). The molecule has 1 fully saturated rings. The van der Waals surface area contributed by atoms with E-state index in [0.29, 0.717) is 24.6 Å². The molecule has 2 atom stereocenters. The summed E-state index contributed by atoms with van der Waals surface area (Å²) in [5.74, 6) is 0.308. The van der Waals surface area contributed by atoms with Gasteiger partial charge in [0.1, 0.15) is 0 Å². The lowest BCUT2D eigenvalue weighted by atomic mass is 9.93. The highest BCUT2D eigenvalue weighted by Crippen LogP contribution is 2.25. The molecular formula is C16H23NO4. The van der Waals surface area contributed by atoms with Crippen LogP contribution >= 0.6 is 0 Å². The normalized spacial score (nSPS) is 20.0. The van der Waals surface area contributed by atoms with Gasteiger partial charge in [-0.15, -0.1) is 0 Å². The number of hydrogen-bond donors (Lipinski definition) is 2.